The van der Waals surface area contributed by atoms with Gasteiger partial charge in [0.1, 0.15) is 23.4 Å². The van der Waals surface area contributed by atoms with Crippen LogP contribution in [0.3, 0.4) is 0 Å². The van der Waals surface area contributed by atoms with Crippen molar-refractivity contribution in [3.8, 4) is 11.3 Å². The lowest BCUT2D eigenvalue weighted by atomic mass is 9.98. The Balaban J connectivity index is 1.26. The van der Waals surface area contributed by atoms with Gasteiger partial charge in [0, 0.05) is 50.2 Å². The zero-order chi connectivity index (χ0) is 26.8. The molecule has 1 unspecified atom stereocenters. The van der Waals surface area contributed by atoms with Crippen LogP contribution in [-0.4, -0.2) is 60.3 Å². The second-order valence-corrected chi connectivity index (χ2v) is 10.0. The number of aromatic nitrogens is 4. The molecule has 1 fully saturated rings. The quantitative estimate of drug-likeness (QED) is 0.305. The highest BCUT2D eigenvalue weighted by Crippen LogP contribution is 2.24. The maximum absolute atomic E-state index is 14.6. The number of rotatable bonds is 8. The average Bonchev–Trinajstić information content (AvgIpc) is 3.52. The van der Waals surface area contributed by atoms with Gasteiger partial charge in [0.25, 0.3) is 5.91 Å². The number of aliphatic hydroxyl groups excluding tert-OH is 1. The Kier molecular flexibility index (Phi) is 7.55. The number of aliphatic hydroxyl groups is 1. The Hall–Kier alpha value is -3.60. The fraction of sp³-hybridized carbons (Fsp3) is 0.393. The van der Waals surface area contributed by atoms with Crippen LogP contribution in [0.25, 0.3) is 16.9 Å². The fourth-order valence-electron chi connectivity index (χ4n) is 5.32. The van der Waals surface area contributed by atoms with Crippen molar-refractivity contribution in [3.05, 3.63) is 72.1 Å². The van der Waals surface area contributed by atoms with Gasteiger partial charge in [0.15, 0.2) is 0 Å². The van der Waals surface area contributed by atoms with E-state index in [9.17, 15) is 14.3 Å². The maximum Gasteiger partial charge on any atom is 0.274 e. The maximum atomic E-state index is 14.6. The minimum absolute atomic E-state index is 0.00641. The summed E-state index contributed by atoms with van der Waals surface area (Å²) in [5, 5.41) is 20.6. The lowest BCUT2D eigenvalue weighted by Crippen LogP contribution is -2.46. The largest absolute Gasteiger partial charge is 0.374 e. The van der Waals surface area contributed by atoms with E-state index >= 15 is 0 Å². The van der Waals surface area contributed by atoms with Crippen LogP contribution in [0.15, 0.2) is 55.0 Å². The molecule has 0 bridgehead atoms. The van der Waals surface area contributed by atoms with E-state index in [1.807, 2.05) is 25.2 Å². The van der Waals surface area contributed by atoms with Crippen LogP contribution in [0.2, 0.25) is 0 Å². The van der Waals surface area contributed by atoms with Crippen molar-refractivity contribution in [2.24, 2.45) is 7.05 Å². The van der Waals surface area contributed by atoms with Gasteiger partial charge in [0.05, 0.1) is 17.6 Å². The number of amides is 1. The van der Waals surface area contributed by atoms with Crippen LogP contribution < -0.4 is 10.6 Å². The smallest absolute Gasteiger partial charge is 0.274 e. The third-order valence-electron chi connectivity index (χ3n) is 7.50. The number of likely N-dealkylation sites (tertiary alicyclic amines) is 1. The van der Waals surface area contributed by atoms with Crippen molar-refractivity contribution in [1.82, 2.24) is 29.4 Å². The first-order valence-corrected chi connectivity index (χ1v) is 13.1. The number of fused-ring (bicyclic) bond motifs is 1. The van der Waals surface area contributed by atoms with Crippen molar-refractivity contribution in [3.63, 3.8) is 0 Å². The number of nitrogens with zero attached hydrogens (tertiary/aromatic N) is 5. The molecule has 1 aliphatic rings. The molecule has 3 atom stereocenters. The Bertz CT molecular complexity index is 1420. The number of halogens is 1. The van der Waals surface area contributed by atoms with E-state index in [0.29, 0.717) is 29.8 Å². The lowest BCUT2D eigenvalue weighted by molar-refractivity contribution is 0.0879. The molecule has 3 aromatic heterocycles. The standard InChI is InChI=1S/C28H34FN7O2/c1-18-5-4-6-19(2)35(18)14-12-30-27(37)21-7-8-22(29)23(15-21)33-28(38)25-17-31-26-16-20(10-13-36(25)26)24-9-11-32-34(24)3/h7-11,13,15-19,27,30,37H,4-6,12,14H2,1-3H3,(H,33,38)/t18-,19+,27?. The van der Waals surface area contributed by atoms with E-state index in [0.717, 1.165) is 17.8 Å². The number of carbonyl (C=O) groups is 1. The van der Waals surface area contributed by atoms with Gasteiger partial charge in [-0.3, -0.25) is 24.1 Å². The number of carbonyl (C=O) groups excluding carboxylic acids is 1. The highest BCUT2D eigenvalue weighted by molar-refractivity contribution is 6.03. The van der Waals surface area contributed by atoms with Crippen molar-refractivity contribution in [1.29, 1.82) is 0 Å². The summed E-state index contributed by atoms with van der Waals surface area (Å²) in [6, 6.07) is 10.9. The van der Waals surface area contributed by atoms with E-state index in [1.165, 1.54) is 43.7 Å². The fourth-order valence-corrected chi connectivity index (χ4v) is 5.32. The molecule has 38 heavy (non-hydrogen) atoms. The van der Waals surface area contributed by atoms with E-state index in [4.69, 9.17) is 0 Å². The third-order valence-corrected chi connectivity index (χ3v) is 7.50. The van der Waals surface area contributed by atoms with Crippen molar-refractivity contribution >= 4 is 17.2 Å². The van der Waals surface area contributed by atoms with Crippen molar-refractivity contribution in [2.75, 3.05) is 18.4 Å². The Morgan fingerprint density at radius 1 is 1.18 bits per heavy atom. The van der Waals surface area contributed by atoms with Gasteiger partial charge in [0.2, 0.25) is 0 Å². The highest BCUT2D eigenvalue weighted by Gasteiger charge is 2.24. The molecule has 1 saturated heterocycles. The molecule has 9 nitrogen and oxygen atoms in total. The van der Waals surface area contributed by atoms with E-state index in [1.54, 1.807) is 21.5 Å². The Labute approximate surface area is 221 Å². The van der Waals surface area contributed by atoms with Gasteiger partial charge in [-0.05, 0) is 62.6 Å². The summed E-state index contributed by atoms with van der Waals surface area (Å²) < 4.78 is 18.0. The van der Waals surface area contributed by atoms with Crippen molar-refractivity contribution in [2.45, 2.75) is 51.4 Å². The molecule has 4 heterocycles. The topological polar surface area (TPSA) is 99.7 Å². The lowest BCUT2D eigenvalue weighted by Gasteiger charge is -2.39. The second-order valence-electron chi connectivity index (χ2n) is 10.0. The molecule has 4 aromatic rings. The first-order valence-electron chi connectivity index (χ1n) is 13.1. The number of anilines is 1. The van der Waals surface area contributed by atoms with E-state index < -0.39 is 18.0 Å². The molecule has 3 N–H and O–H groups in total. The van der Waals surface area contributed by atoms with Gasteiger partial charge in [-0.25, -0.2) is 9.37 Å². The molecule has 1 aliphatic heterocycles. The number of hydrogen-bond acceptors (Lipinski definition) is 6. The first kappa shape index (κ1) is 26.0. The number of aryl methyl sites for hydroxylation is 1. The summed E-state index contributed by atoms with van der Waals surface area (Å²) in [7, 11) is 1.86. The normalized spacial score (nSPS) is 19.1. The second kappa shape index (κ2) is 11.0. The minimum Gasteiger partial charge on any atom is -0.374 e. The van der Waals surface area contributed by atoms with Gasteiger partial charge in [-0.15, -0.1) is 0 Å². The van der Waals surface area contributed by atoms with E-state index in [-0.39, 0.29) is 11.4 Å². The first-order chi connectivity index (χ1) is 18.3. The number of nitrogens with one attached hydrogen (secondary N) is 2. The molecule has 10 heteroatoms. The van der Waals surface area contributed by atoms with Gasteiger partial charge in [-0.1, -0.05) is 12.5 Å². The molecule has 0 saturated carbocycles. The number of imidazole rings is 1. The highest BCUT2D eigenvalue weighted by atomic mass is 19.1. The SMILES string of the molecule is C[C@@H]1CCC[C@H](C)N1CCNC(O)c1ccc(F)c(NC(=O)c2cnc3cc(-c4ccnn4C)ccn23)c1. The molecule has 0 radical (unpaired) electrons. The van der Waals surface area contributed by atoms with Crippen molar-refractivity contribution < 1.29 is 14.3 Å². The third kappa shape index (κ3) is 5.33. The predicted molar refractivity (Wildman–Crippen MR) is 144 cm³/mol. The number of piperidine rings is 1. The molecular weight excluding hydrogens is 485 g/mol. The van der Waals surface area contributed by atoms with Crippen LogP contribution in [0, 0.1) is 5.82 Å². The summed E-state index contributed by atoms with van der Waals surface area (Å²) in [6.07, 6.45) is 7.57. The molecule has 0 aliphatic carbocycles. The monoisotopic (exact) mass is 519 g/mol. The summed E-state index contributed by atoms with van der Waals surface area (Å²) >= 11 is 0. The molecule has 5 rings (SSSR count). The number of hydrogen-bond donors (Lipinski definition) is 3. The predicted octanol–water partition coefficient (Wildman–Crippen LogP) is 3.97. The number of benzene rings is 1. The summed E-state index contributed by atoms with van der Waals surface area (Å²) in [5.74, 6) is -1.09. The van der Waals surface area contributed by atoms with Gasteiger partial charge in [-0.2, -0.15) is 5.10 Å². The van der Waals surface area contributed by atoms with Crippen LogP contribution in [-0.2, 0) is 7.05 Å². The molecular formula is C28H34FN7O2. The molecule has 200 valence electrons. The minimum atomic E-state index is -0.983. The van der Waals surface area contributed by atoms with Crippen LogP contribution in [0.1, 0.15) is 55.4 Å². The van der Waals surface area contributed by atoms with Crippen LogP contribution in [0.5, 0.6) is 0 Å². The zero-order valence-corrected chi connectivity index (χ0v) is 21.9. The zero-order valence-electron chi connectivity index (χ0n) is 21.9. The van der Waals surface area contributed by atoms with Crippen LogP contribution in [0.4, 0.5) is 10.1 Å². The Morgan fingerprint density at radius 2 is 1.97 bits per heavy atom. The number of pyridine rings is 1. The van der Waals surface area contributed by atoms with Gasteiger partial charge < -0.3 is 10.4 Å². The Morgan fingerprint density at radius 3 is 2.71 bits per heavy atom. The summed E-state index contributed by atoms with van der Waals surface area (Å²) in [6.45, 7) is 5.90. The summed E-state index contributed by atoms with van der Waals surface area (Å²) in [5.41, 5.74) is 3.16. The molecule has 1 aromatic carbocycles. The van der Waals surface area contributed by atoms with Gasteiger partial charge >= 0.3 is 0 Å². The van der Waals surface area contributed by atoms with E-state index in [2.05, 4.69) is 39.5 Å². The summed E-state index contributed by atoms with van der Waals surface area (Å²) in [4.78, 5) is 19.9. The molecule has 0 spiro atoms. The average molecular weight is 520 g/mol. The molecule has 1 amide bonds. The van der Waals surface area contributed by atoms with Crippen LogP contribution >= 0.6 is 0 Å².